The van der Waals surface area contributed by atoms with E-state index in [1.165, 1.54) is 16.5 Å². The molecule has 0 spiro atoms. The molecular formula is C38H47F2NO5S. The van der Waals surface area contributed by atoms with Crippen LogP contribution in [-0.2, 0) is 12.8 Å². The summed E-state index contributed by atoms with van der Waals surface area (Å²) in [4.78, 5) is 17.3. The van der Waals surface area contributed by atoms with Gasteiger partial charge in [0.1, 0.15) is 0 Å². The number of allylic oxidation sites excluding steroid dienone is 2. The highest BCUT2D eigenvalue weighted by molar-refractivity contribution is 7.09. The number of thiophene rings is 1. The number of hydrogen-bond acceptors (Lipinski definition) is 7. The predicted molar refractivity (Wildman–Crippen MR) is 181 cm³/mol. The van der Waals surface area contributed by atoms with Gasteiger partial charge in [0.2, 0.25) is 0 Å². The van der Waals surface area contributed by atoms with Crippen molar-refractivity contribution in [3.63, 3.8) is 0 Å². The normalized spacial score (nSPS) is 25.8. The van der Waals surface area contributed by atoms with Crippen molar-refractivity contribution < 1.29 is 34.0 Å². The van der Waals surface area contributed by atoms with E-state index in [0.29, 0.717) is 50.6 Å². The minimum atomic E-state index is -1.20. The number of nitrogens with zero attached hydrogens (tertiary/aromatic N) is 1. The molecule has 3 aromatic rings. The fourth-order valence-electron chi connectivity index (χ4n) is 7.67. The van der Waals surface area contributed by atoms with Gasteiger partial charge in [0.25, 0.3) is 0 Å². The van der Waals surface area contributed by atoms with Gasteiger partial charge in [0.15, 0.2) is 17.4 Å². The van der Waals surface area contributed by atoms with Crippen molar-refractivity contribution in [2.24, 2.45) is 5.41 Å². The number of halogens is 2. The summed E-state index contributed by atoms with van der Waals surface area (Å²) < 4.78 is 28.1. The van der Waals surface area contributed by atoms with Gasteiger partial charge in [-0.2, -0.15) is 0 Å². The highest BCUT2D eigenvalue weighted by Crippen LogP contribution is 2.59. The standard InChI is InChI=1S/C38H47F2NO5S/c1-25-5-3-15-37(2)33(13-16-38(37,46)24-41(22-29(44)23-42)17-14-30-6-4-18-47-30)31-11-8-26(19-28(43)10-7-25)20-32(31)36(45)27-9-12-34(39)35(40)21-27/h4-6,8-9,11-12,18,20-21,28-29,33,42-44,46H,3,7,10,13-17,19,22-24H2,1-2H3. The summed E-state index contributed by atoms with van der Waals surface area (Å²) in [6, 6.07) is 12.9. The Morgan fingerprint density at radius 1 is 1.11 bits per heavy atom. The highest BCUT2D eigenvalue weighted by Gasteiger charge is 2.57. The Bertz CT molecular complexity index is 1560. The van der Waals surface area contributed by atoms with Crippen LogP contribution in [0.3, 0.4) is 0 Å². The van der Waals surface area contributed by atoms with Crippen LogP contribution in [0.4, 0.5) is 8.78 Å². The largest absolute Gasteiger partial charge is 0.394 e. The maximum atomic E-state index is 14.3. The van der Waals surface area contributed by atoms with Gasteiger partial charge in [-0.3, -0.25) is 9.69 Å². The van der Waals surface area contributed by atoms with E-state index in [2.05, 4.69) is 26.0 Å². The molecular weight excluding hydrogens is 620 g/mol. The molecule has 3 aliphatic rings. The number of fused-ring (bicyclic) bond motifs is 8. The number of ketones is 1. The average Bonchev–Trinajstić information content (AvgIpc) is 3.65. The van der Waals surface area contributed by atoms with E-state index in [1.807, 2.05) is 28.5 Å². The van der Waals surface area contributed by atoms with Crippen molar-refractivity contribution >= 4 is 17.1 Å². The smallest absolute Gasteiger partial charge is 0.193 e. The molecule has 6 rings (SSSR count). The van der Waals surface area contributed by atoms with Crippen LogP contribution >= 0.6 is 11.3 Å². The Kier molecular flexibility index (Phi) is 11.5. The fourth-order valence-corrected chi connectivity index (χ4v) is 8.37. The molecule has 3 aliphatic carbocycles. The van der Waals surface area contributed by atoms with Crippen LogP contribution in [0, 0.1) is 17.0 Å². The SMILES string of the molecule is CC1=CCCC2(C)C(CCC2(O)CN(CCc2cccs2)CC(O)CO)c2ccc(cc2C(=O)c2ccc(F)c(F)c2)CC(O)CC1. The number of aliphatic hydroxyl groups excluding tert-OH is 3. The summed E-state index contributed by atoms with van der Waals surface area (Å²) in [5.74, 6) is -2.80. The maximum Gasteiger partial charge on any atom is 0.193 e. The average molecular weight is 668 g/mol. The summed E-state index contributed by atoms with van der Waals surface area (Å²) in [6.45, 7) is 4.85. The van der Waals surface area contributed by atoms with Crippen molar-refractivity contribution in [3.05, 3.63) is 104 Å². The molecule has 6 nitrogen and oxygen atoms in total. The Morgan fingerprint density at radius 3 is 2.64 bits per heavy atom. The van der Waals surface area contributed by atoms with E-state index in [4.69, 9.17) is 0 Å². The zero-order chi connectivity index (χ0) is 33.8. The van der Waals surface area contributed by atoms with E-state index in [9.17, 15) is 34.0 Å². The van der Waals surface area contributed by atoms with E-state index < -0.39 is 40.6 Å². The van der Waals surface area contributed by atoms with Gasteiger partial charge in [-0.15, -0.1) is 11.3 Å². The molecule has 47 heavy (non-hydrogen) atoms. The minimum absolute atomic E-state index is 0.0372. The topological polar surface area (TPSA) is 101 Å². The molecule has 2 bridgehead atoms. The Balaban J connectivity index is 1.56. The lowest BCUT2D eigenvalue weighted by atomic mass is 9.64. The van der Waals surface area contributed by atoms with Crippen LogP contribution in [0.1, 0.15) is 90.2 Å². The summed E-state index contributed by atoms with van der Waals surface area (Å²) in [6.07, 6.45) is 5.37. The van der Waals surface area contributed by atoms with Crippen molar-refractivity contribution in [1.29, 1.82) is 0 Å². The van der Waals surface area contributed by atoms with Gasteiger partial charge in [-0.05, 0) is 111 Å². The van der Waals surface area contributed by atoms with Crippen LogP contribution in [-0.4, -0.2) is 75.2 Å². The van der Waals surface area contributed by atoms with Crippen molar-refractivity contribution in [2.45, 2.75) is 88.9 Å². The second-order valence-corrected chi connectivity index (χ2v) is 14.8. The summed E-state index contributed by atoms with van der Waals surface area (Å²) >= 11 is 1.66. The lowest BCUT2D eigenvalue weighted by molar-refractivity contribution is -0.0889. The Morgan fingerprint density at radius 2 is 1.91 bits per heavy atom. The maximum absolute atomic E-state index is 14.3. The van der Waals surface area contributed by atoms with Crippen LogP contribution in [0.5, 0.6) is 0 Å². The van der Waals surface area contributed by atoms with Gasteiger partial charge in [0.05, 0.1) is 24.4 Å². The first-order valence-electron chi connectivity index (χ1n) is 16.6. The fraction of sp³-hybridized carbons (Fsp3) is 0.500. The molecule has 5 unspecified atom stereocenters. The first kappa shape index (κ1) is 35.5. The molecule has 4 N–H and O–H groups in total. The zero-order valence-corrected chi connectivity index (χ0v) is 28.1. The molecule has 1 heterocycles. The Labute approximate surface area is 280 Å². The molecule has 1 aromatic heterocycles. The quantitative estimate of drug-likeness (QED) is 0.152. The van der Waals surface area contributed by atoms with Gasteiger partial charge in [-0.1, -0.05) is 36.8 Å². The van der Waals surface area contributed by atoms with Gasteiger partial charge in [0, 0.05) is 41.1 Å². The van der Waals surface area contributed by atoms with Crippen LogP contribution in [0.15, 0.2) is 65.6 Å². The third-order valence-corrected chi connectivity index (χ3v) is 11.5. The number of carbonyl (C=O) groups excluding carboxylic acids is 1. The molecule has 0 amide bonds. The predicted octanol–water partition coefficient (Wildman–Crippen LogP) is 6.19. The van der Waals surface area contributed by atoms with Crippen molar-refractivity contribution in [2.75, 3.05) is 26.2 Å². The first-order chi connectivity index (χ1) is 22.4. The minimum Gasteiger partial charge on any atom is -0.394 e. The van der Waals surface area contributed by atoms with Gasteiger partial charge in [-0.25, -0.2) is 8.78 Å². The molecule has 5 atom stereocenters. The molecule has 0 saturated heterocycles. The molecule has 0 radical (unpaired) electrons. The van der Waals surface area contributed by atoms with Crippen LogP contribution < -0.4 is 0 Å². The highest BCUT2D eigenvalue weighted by atomic mass is 32.1. The summed E-state index contributed by atoms with van der Waals surface area (Å²) in [7, 11) is 0. The second kappa shape index (κ2) is 15.2. The molecule has 9 heteroatoms. The molecule has 1 saturated carbocycles. The third-order valence-electron chi connectivity index (χ3n) is 10.5. The zero-order valence-electron chi connectivity index (χ0n) is 27.3. The van der Waals surface area contributed by atoms with E-state index >= 15 is 0 Å². The second-order valence-electron chi connectivity index (χ2n) is 13.8. The first-order valence-corrected chi connectivity index (χ1v) is 17.5. The molecule has 1 fully saturated rings. The summed E-state index contributed by atoms with van der Waals surface area (Å²) in [5.41, 5.74) is 1.20. The van der Waals surface area contributed by atoms with Gasteiger partial charge >= 0.3 is 0 Å². The lowest BCUT2D eigenvalue weighted by Crippen LogP contribution is -2.54. The number of benzene rings is 2. The number of aliphatic hydroxyl groups is 4. The Hall–Kier alpha value is -2.79. The van der Waals surface area contributed by atoms with Crippen LogP contribution in [0.2, 0.25) is 0 Å². The van der Waals surface area contributed by atoms with Crippen LogP contribution in [0.25, 0.3) is 0 Å². The lowest BCUT2D eigenvalue weighted by Gasteiger charge is -2.46. The van der Waals surface area contributed by atoms with E-state index in [-0.39, 0.29) is 31.2 Å². The molecule has 0 aliphatic heterocycles. The number of rotatable bonds is 10. The molecule has 2 aromatic carbocycles. The van der Waals surface area contributed by atoms with E-state index in [1.54, 1.807) is 17.4 Å². The summed E-state index contributed by atoms with van der Waals surface area (Å²) in [5, 5.41) is 45.7. The number of carbonyl (C=O) groups is 1. The van der Waals surface area contributed by atoms with E-state index in [0.717, 1.165) is 36.1 Å². The molecule has 254 valence electrons. The van der Waals surface area contributed by atoms with Crippen molar-refractivity contribution in [1.82, 2.24) is 4.90 Å². The third kappa shape index (κ3) is 8.10. The number of hydrogen-bond donors (Lipinski definition) is 4. The van der Waals surface area contributed by atoms with Crippen molar-refractivity contribution in [3.8, 4) is 0 Å². The van der Waals surface area contributed by atoms with Gasteiger partial charge < -0.3 is 20.4 Å². The monoisotopic (exact) mass is 667 g/mol.